The van der Waals surface area contributed by atoms with Crippen molar-refractivity contribution >= 4 is 29.3 Å². The SMILES string of the molecule is CC(C)C.CC1CC2CC(C)CC(C(=O)NC(C)C(=O)N(C)CC(=O)N3CC(C(=O)Nc4ccccc4)CC3C#N)(C1)C2. The standard InChI is InChI=1S/C30H41N5O4.C4H10/c1-19-10-22-11-20(2)14-30(13-19,15-22)29(39)32-21(3)28(38)34(4)18-26(36)35-17-23(12-25(35)16-31)27(37)33-24-8-6-5-7-9-24;1-4(2)3/h5-9,19-23,25H,10-15,17-18H2,1-4H3,(H,32,39)(H,33,37);4H,1-3H3. The minimum Gasteiger partial charge on any atom is -0.344 e. The summed E-state index contributed by atoms with van der Waals surface area (Å²) >= 11 is 0. The molecule has 9 nitrogen and oxygen atoms in total. The largest absolute Gasteiger partial charge is 0.344 e. The third-order valence-electron chi connectivity index (χ3n) is 8.76. The first-order valence-corrected chi connectivity index (χ1v) is 15.9. The van der Waals surface area contributed by atoms with Crippen LogP contribution in [-0.2, 0) is 19.2 Å². The molecule has 0 spiro atoms. The number of likely N-dealkylation sites (tertiary alicyclic amines) is 1. The molecule has 1 aromatic rings. The zero-order valence-electron chi connectivity index (χ0n) is 27.1. The normalized spacial score (nSPS) is 28.5. The van der Waals surface area contributed by atoms with Crippen molar-refractivity contribution in [3.63, 3.8) is 0 Å². The van der Waals surface area contributed by atoms with Crippen LogP contribution < -0.4 is 10.6 Å². The summed E-state index contributed by atoms with van der Waals surface area (Å²) in [5, 5.41) is 15.4. The van der Waals surface area contributed by atoms with Crippen LogP contribution in [0.2, 0.25) is 0 Å². The summed E-state index contributed by atoms with van der Waals surface area (Å²) in [6, 6.07) is 9.65. The lowest BCUT2D eigenvalue weighted by molar-refractivity contribution is -0.145. The fourth-order valence-electron chi connectivity index (χ4n) is 7.29. The number of anilines is 1. The van der Waals surface area contributed by atoms with E-state index < -0.39 is 29.3 Å². The van der Waals surface area contributed by atoms with Crippen molar-refractivity contribution in [2.75, 3.05) is 25.5 Å². The van der Waals surface area contributed by atoms with Crippen molar-refractivity contribution in [2.45, 2.75) is 92.2 Å². The molecule has 2 bridgehead atoms. The maximum atomic E-state index is 13.5. The fraction of sp³-hybridized carbons (Fsp3) is 0.676. The number of carbonyl (C=O) groups is 4. The summed E-state index contributed by atoms with van der Waals surface area (Å²) in [6.07, 6.45) is 5.13. The highest BCUT2D eigenvalue weighted by Gasteiger charge is 2.49. The van der Waals surface area contributed by atoms with Crippen LogP contribution >= 0.6 is 0 Å². The molecule has 5 unspecified atom stereocenters. The number of fused-ring (bicyclic) bond motifs is 2. The van der Waals surface area contributed by atoms with Crippen molar-refractivity contribution < 1.29 is 19.2 Å². The van der Waals surface area contributed by atoms with Crippen LogP contribution in [-0.4, -0.2) is 65.6 Å². The van der Waals surface area contributed by atoms with Gasteiger partial charge in [-0.05, 0) is 81.3 Å². The Morgan fingerprint density at radius 3 is 2.14 bits per heavy atom. The molecule has 43 heavy (non-hydrogen) atoms. The topological polar surface area (TPSA) is 123 Å². The molecule has 5 atom stereocenters. The molecule has 2 aliphatic carbocycles. The van der Waals surface area contributed by atoms with Gasteiger partial charge in [0.05, 0.1) is 18.5 Å². The Morgan fingerprint density at radius 2 is 1.58 bits per heavy atom. The summed E-state index contributed by atoms with van der Waals surface area (Å²) in [5.41, 5.74) is 0.232. The molecule has 236 valence electrons. The predicted octanol–water partition coefficient (Wildman–Crippen LogP) is 4.84. The van der Waals surface area contributed by atoms with Gasteiger partial charge in [-0.2, -0.15) is 5.26 Å². The molecule has 3 fully saturated rings. The summed E-state index contributed by atoms with van der Waals surface area (Å²) in [4.78, 5) is 55.2. The number of carbonyl (C=O) groups excluding carboxylic acids is 4. The molecule has 3 aliphatic rings. The molecule has 4 amide bonds. The molecule has 9 heteroatoms. The Kier molecular flexibility index (Phi) is 11.8. The average molecular weight is 594 g/mol. The van der Waals surface area contributed by atoms with Crippen molar-refractivity contribution in [3.8, 4) is 6.07 Å². The second kappa shape index (κ2) is 14.9. The molecular weight excluding hydrogens is 542 g/mol. The van der Waals surface area contributed by atoms with Crippen LogP contribution in [0.5, 0.6) is 0 Å². The van der Waals surface area contributed by atoms with Crippen molar-refractivity contribution in [2.24, 2.45) is 35.0 Å². The zero-order valence-corrected chi connectivity index (χ0v) is 27.1. The molecule has 4 rings (SSSR count). The maximum absolute atomic E-state index is 13.5. The monoisotopic (exact) mass is 593 g/mol. The van der Waals surface area contributed by atoms with E-state index in [1.54, 1.807) is 19.1 Å². The minimum absolute atomic E-state index is 0.0532. The first kappa shape index (κ1) is 34.1. The van der Waals surface area contributed by atoms with Gasteiger partial charge in [0.2, 0.25) is 23.6 Å². The Balaban J connectivity index is 0.00000119. The molecule has 1 aromatic carbocycles. The number of para-hydroxylation sites is 1. The van der Waals surface area contributed by atoms with Crippen molar-refractivity contribution in [1.29, 1.82) is 5.26 Å². The molecule has 2 saturated carbocycles. The number of amides is 4. The van der Waals surface area contributed by atoms with Crippen molar-refractivity contribution in [3.05, 3.63) is 30.3 Å². The quantitative estimate of drug-likeness (QED) is 0.468. The van der Waals surface area contributed by atoms with Crippen molar-refractivity contribution in [1.82, 2.24) is 15.1 Å². The van der Waals surface area contributed by atoms with E-state index in [-0.39, 0.29) is 37.2 Å². The Hall–Kier alpha value is -3.41. The summed E-state index contributed by atoms with van der Waals surface area (Å²) < 4.78 is 0. The van der Waals surface area contributed by atoms with Crippen LogP contribution in [0.25, 0.3) is 0 Å². The van der Waals surface area contributed by atoms with Crippen LogP contribution in [0, 0.1) is 46.3 Å². The van der Waals surface area contributed by atoms with Gasteiger partial charge in [-0.3, -0.25) is 19.2 Å². The number of nitriles is 1. The second-order valence-electron chi connectivity index (χ2n) is 14.0. The third kappa shape index (κ3) is 9.04. The van der Waals surface area contributed by atoms with Gasteiger partial charge in [0.25, 0.3) is 0 Å². The Morgan fingerprint density at radius 1 is 1.00 bits per heavy atom. The summed E-state index contributed by atoms with van der Waals surface area (Å²) in [6.45, 7) is 12.5. The van der Waals surface area contributed by atoms with Crippen LogP contribution in [0.3, 0.4) is 0 Å². The highest BCUT2D eigenvalue weighted by molar-refractivity contribution is 5.94. The molecule has 1 aliphatic heterocycles. The predicted molar refractivity (Wildman–Crippen MR) is 167 cm³/mol. The van der Waals surface area contributed by atoms with Crippen LogP contribution in [0.4, 0.5) is 5.69 Å². The van der Waals surface area contributed by atoms with E-state index in [0.717, 1.165) is 38.0 Å². The summed E-state index contributed by atoms with van der Waals surface area (Å²) in [5.74, 6) is 0.799. The van der Waals surface area contributed by atoms with E-state index in [2.05, 4.69) is 51.3 Å². The Bertz CT molecular complexity index is 1160. The van der Waals surface area contributed by atoms with Gasteiger partial charge in [0, 0.05) is 24.7 Å². The van der Waals surface area contributed by atoms with Gasteiger partial charge < -0.3 is 20.4 Å². The molecule has 1 saturated heterocycles. The molecule has 0 aromatic heterocycles. The average Bonchev–Trinajstić information content (AvgIpc) is 3.37. The van der Waals surface area contributed by atoms with Crippen LogP contribution in [0.1, 0.15) is 80.1 Å². The number of nitrogens with zero attached hydrogens (tertiary/aromatic N) is 3. The lowest BCUT2D eigenvalue weighted by Crippen LogP contribution is -2.55. The Labute approximate surface area is 257 Å². The summed E-state index contributed by atoms with van der Waals surface area (Å²) in [7, 11) is 1.53. The number of benzene rings is 1. The van der Waals surface area contributed by atoms with E-state index in [9.17, 15) is 24.4 Å². The van der Waals surface area contributed by atoms with Crippen LogP contribution in [0.15, 0.2) is 30.3 Å². The number of hydrogen-bond donors (Lipinski definition) is 2. The van der Waals surface area contributed by atoms with E-state index in [0.29, 0.717) is 23.4 Å². The van der Waals surface area contributed by atoms with Gasteiger partial charge in [0.15, 0.2) is 0 Å². The number of likely N-dealkylation sites (N-methyl/N-ethyl adjacent to an activating group) is 1. The molecule has 1 heterocycles. The van der Waals surface area contributed by atoms with Gasteiger partial charge in [-0.1, -0.05) is 52.8 Å². The van der Waals surface area contributed by atoms with E-state index in [1.807, 2.05) is 18.2 Å². The number of nitrogens with one attached hydrogen (secondary N) is 2. The molecule has 0 radical (unpaired) electrons. The van der Waals surface area contributed by atoms with E-state index in [1.165, 1.54) is 16.8 Å². The molecule has 2 N–H and O–H groups in total. The minimum atomic E-state index is -0.771. The zero-order chi connectivity index (χ0) is 31.9. The van der Waals surface area contributed by atoms with Gasteiger partial charge >= 0.3 is 0 Å². The highest BCUT2D eigenvalue weighted by Crippen LogP contribution is 2.52. The number of hydrogen-bond acceptors (Lipinski definition) is 5. The maximum Gasteiger partial charge on any atom is 0.245 e. The second-order valence-corrected chi connectivity index (χ2v) is 14.0. The first-order chi connectivity index (χ1) is 20.2. The smallest absolute Gasteiger partial charge is 0.245 e. The third-order valence-corrected chi connectivity index (χ3v) is 8.76. The van der Waals surface area contributed by atoms with E-state index >= 15 is 0 Å². The molecular formula is C34H51N5O4. The van der Waals surface area contributed by atoms with E-state index in [4.69, 9.17) is 0 Å². The first-order valence-electron chi connectivity index (χ1n) is 15.9. The van der Waals surface area contributed by atoms with Gasteiger partial charge in [-0.25, -0.2) is 0 Å². The van der Waals surface area contributed by atoms with Gasteiger partial charge in [0.1, 0.15) is 12.1 Å². The lowest BCUT2D eigenvalue weighted by atomic mass is 9.56. The lowest BCUT2D eigenvalue weighted by Gasteiger charge is -2.49. The fourth-order valence-corrected chi connectivity index (χ4v) is 7.29. The number of rotatable bonds is 7. The van der Waals surface area contributed by atoms with Gasteiger partial charge in [-0.15, -0.1) is 0 Å². The highest BCUT2D eigenvalue weighted by atomic mass is 16.2.